The molecule has 4 rings (SSSR count). The third kappa shape index (κ3) is 5.53. The van der Waals surface area contributed by atoms with Gasteiger partial charge in [0.1, 0.15) is 5.69 Å². The molecule has 0 aliphatic heterocycles. The van der Waals surface area contributed by atoms with Gasteiger partial charge in [0.15, 0.2) is 0 Å². The van der Waals surface area contributed by atoms with Gasteiger partial charge in [0, 0.05) is 17.3 Å². The average Bonchev–Trinajstić information content (AvgIpc) is 3.28. The fraction of sp³-hybridized carbons (Fsp3) is 0.0400. The number of carbonyl (C=O) groups excluding carboxylic acids is 2. The lowest BCUT2D eigenvalue weighted by Crippen LogP contribution is -2.35. The van der Waals surface area contributed by atoms with Gasteiger partial charge in [-0.3, -0.25) is 9.59 Å². The Bertz CT molecular complexity index is 1290. The molecule has 0 fully saturated rings. The molecule has 0 unspecified atom stereocenters. The number of nitrogens with zero attached hydrogens (tertiary/aromatic N) is 3. The molecule has 0 saturated carbocycles. The predicted octanol–water partition coefficient (Wildman–Crippen LogP) is 4.07. The van der Waals surface area contributed by atoms with Crippen LogP contribution in [0.1, 0.15) is 15.9 Å². The molecule has 33 heavy (non-hydrogen) atoms. The number of rotatable bonds is 7. The highest BCUT2D eigenvalue weighted by molar-refractivity contribution is 6.33. The van der Waals surface area contributed by atoms with E-state index in [2.05, 4.69) is 15.8 Å². The zero-order valence-corrected chi connectivity index (χ0v) is 18.2. The smallest absolute Gasteiger partial charge is 0.259 e. The first kappa shape index (κ1) is 22.0. The molecule has 3 aromatic carbocycles. The normalized spacial score (nSPS) is 10.8. The second-order valence-electron chi connectivity index (χ2n) is 7.03. The lowest BCUT2D eigenvalue weighted by molar-refractivity contribution is -0.120. The Morgan fingerprint density at radius 3 is 2.33 bits per heavy atom. The Kier molecular flexibility index (Phi) is 6.92. The number of hydrogen-bond acceptors (Lipinski definition) is 4. The molecule has 0 spiro atoms. The van der Waals surface area contributed by atoms with Gasteiger partial charge in [0.05, 0.1) is 29.0 Å². The van der Waals surface area contributed by atoms with Gasteiger partial charge in [-0.05, 0) is 24.3 Å². The van der Waals surface area contributed by atoms with Crippen LogP contribution < -0.4 is 10.7 Å². The Morgan fingerprint density at radius 2 is 1.61 bits per heavy atom. The molecule has 164 valence electrons. The second-order valence-corrected chi connectivity index (χ2v) is 7.44. The molecular weight excluding hydrogens is 438 g/mol. The lowest BCUT2D eigenvalue weighted by Gasteiger charge is -2.05. The summed E-state index contributed by atoms with van der Waals surface area (Å²) in [6.45, 7) is -0.240. The number of hydrazone groups is 1. The minimum atomic E-state index is -0.469. The van der Waals surface area contributed by atoms with E-state index in [0.29, 0.717) is 10.6 Å². The third-order valence-corrected chi connectivity index (χ3v) is 5.06. The van der Waals surface area contributed by atoms with Crippen LogP contribution in [0.4, 0.5) is 0 Å². The number of nitrogens with one attached hydrogen (secondary N) is 2. The van der Waals surface area contributed by atoms with Crippen LogP contribution in [0.2, 0.25) is 5.02 Å². The average molecular weight is 458 g/mol. The highest BCUT2D eigenvalue weighted by Crippen LogP contribution is 2.22. The summed E-state index contributed by atoms with van der Waals surface area (Å²) in [6, 6.07) is 26.0. The Labute approximate surface area is 195 Å². The van der Waals surface area contributed by atoms with Gasteiger partial charge in [0.25, 0.3) is 11.8 Å². The number of para-hydroxylation sites is 1. The SMILES string of the molecule is O=C(CNC(=O)c1ccccc1Cl)N/N=C/c1cn(-c2ccccc2)nc1-c1ccccc1. The highest BCUT2D eigenvalue weighted by atomic mass is 35.5. The summed E-state index contributed by atoms with van der Waals surface area (Å²) in [5.41, 5.74) is 6.01. The van der Waals surface area contributed by atoms with Gasteiger partial charge in [-0.25, -0.2) is 10.1 Å². The number of halogens is 1. The van der Waals surface area contributed by atoms with E-state index in [9.17, 15) is 9.59 Å². The summed E-state index contributed by atoms with van der Waals surface area (Å²) in [5, 5.41) is 11.6. The molecule has 1 aromatic heterocycles. The topological polar surface area (TPSA) is 88.4 Å². The molecular formula is C25H20ClN5O2. The number of amides is 2. The molecule has 4 aromatic rings. The van der Waals surface area contributed by atoms with Crippen molar-refractivity contribution in [2.45, 2.75) is 0 Å². The predicted molar refractivity (Wildman–Crippen MR) is 129 cm³/mol. The third-order valence-electron chi connectivity index (χ3n) is 4.73. The summed E-state index contributed by atoms with van der Waals surface area (Å²) in [5.74, 6) is -0.904. The van der Waals surface area contributed by atoms with Crippen LogP contribution >= 0.6 is 11.6 Å². The number of benzene rings is 3. The summed E-state index contributed by atoms with van der Waals surface area (Å²) in [4.78, 5) is 24.3. The van der Waals surface area contributed by atoms with Crippen molar-refractivity contribution < 1.29 is 9.59 Å². The Balaban J connectivity index is 1.45. The van der Waals surface area contributed by atoms with Crippen LogP contribution in [0.3, 0.4) is 0 Å². The van der Waals surface area contributed by atoms with E-state index >= 15 is 0 Å². The monoisotopic (exact) mass is 457 g/mol. The second kappa shape index (κ2) is 10.4. The van der Waals surface area contributed by atoms with Crippen molar-refractivity contribution in [1.82, 2.24) is 20.5 Å². The van der Waals surface area contributed by atoms with Crippen molar-refractivity contribution in [3.63, 3.8) is 0 Å². The molecule has 2 amide bonds. The number of carbonyl (C=O) groups is 2. The van der Waals surface area contributed by atoms with Crippen molar-refractivity contribution in [3.05, 3.63) is 107 Å². The molecule has 0 aliphatic rings. The first-order valence-electron chi connectivity index (χ1n) is 10.2. The van der Waals surface area contributed by atoms with Crippen molar-refractivity contribution in [1.29, 1.82) is 0 Å². The van der Waals surface area contributed by atoms with E-state index in [1.807, 2.05) is 66.9 Å². The molecule has 8 heteroatoms. The summed E-state index contributed by atoms with van der Waals surface area (Å²) < 4.78 is 1.76. The first-order valence-corrected chi connectivity index (χ1v) is 10.5. The summed E-state index contributed by atoms with van der Waals surface area (Å²) >= 11 is 6.00. The highest BCUT2D eigenvalue weighted by Gasteiger charge is 2.12. The van der Waals surface area contributed by atoms with Crippen molar-refractivity contribution in [3.8, 4) is 16.9 Å². The molecule has 0 saturated heterocycles. The maximum absolute atomic E-state index is 12.2. The molecule has 0 atom stereocenters. The summed E-state index contributed by atoms with van der Waals surface area (Å²) in [7, 11) is 0. The number of hydrogen-bond donors (Lipinski definition) is 2. The van der Waals surface area contributed by atoms with Gasteiger partial charge >= 0.3 is 0 Å². The zero-order valence-electron chi connectivity index (χ0n) is 17.5. The van der Waals surface area contributed by atoms with E-state index in [1.165, 1.54) is 6.21 Å². The van der Waals surface area contributed by atoms with Crippen LogP contribution in [0, 0.1) is 0 Å². The minimum absolute atomic E-state index is 0.240. The van der Waals surface area contributed by atoms with E-state index < -0.39 is 11.8 Å². The van der Waals surface area contributed by atoms with E-state index in [1.54, 1.807) is 28.9 Å². The fourth-order valence-corrected chi connectivity index (χ4v) is 3.35. The van der Waals surface area contributed by atoms with Crippen molar-refractivity contribution in [2.24, 2.45) is 5.10 Å². The number of aromatic nitrogens is 2. The van der Waals surface area contributed by atoms with Gasteiger partial charge in [-0.1, -0.05) is 72.3 Å². The maximum atomic E-state index is 12.2. The quantitative estimate of drug-likeness (QED) is 0.324. The molecule has 0 aliphatic carbocycles. The maximum Gasteiger partial charge on any atom is 0.259 e. The standard InChI is InChI=1S/C25H20ClN5O2/c26-22-14-8-7-13-21(22)25(33)27-16-23(32)29-28-15-19-17-31(20-11-5-2-6-12-20)30-24(19)18-9-3-1-4-10-18/h1-15,17H,16H2,(H,27,33)(H,29,32)/b28-15+. The van der Waals surface area contributed by atoms with E-state index in [4.69, 9.17) is 16.7 Å². The van der Waals surface area contributed by atoms with Gasteiger partial charge in [-0.2, -0.15) is 10.2 Å². The molecule has 0 bridgehead atoms. The van der Waals surface area contributed by atoms with Gasteiger partial charge < -0.3 is 5.32 Å². The van der Waals surface area contributed by atoms with E-state index in [-0.39, 0.29) is 6.54 Å². The Hall–Kier alpha value is -4.23. The fourth-order valence-electron chi connectivity index (χ4n) is 3.13. The molecule has 2 N–H and O–H groups in total. The minimum Gasteiger partial charge on any atom is -0.343 e. The van der Waals surface area contributed by atoms with Crippen LogP contribution in [-0.2, 0) is 4.79 Å². The van der Waals surface area contributed by atoms with Crippen LogP contribution in [0.5, 0.6) is 0 Å². The van der Waals surface area contributed by atoms with Crippen LogP contribution in [0.15, 0.2) is 96.2 Å². The van der Waals surface area contributed by atoms with Crippen molar-refractivity contribution in [2.75, 3.05) is 6.54 Å². The van der Waals surface area contributed by atoms with Crippen molar-refractivity contribution >= 4 is 29.6 Å². The molecule has 7 nitrogen and oxygen atoms in total. The van der Waals surface area contributed by atoms with Crippen LogP contribution in [-0.4, -0.2) is 34.4 Å². The van der Waals surface area contributed by atoms with E-state index in [0.717, 1.165) is 22.5 Å². The lowest BCUT2D eigenvalue weighted by atomic mass is 10.1. The molecule has 0 radical (unpaired) electrons. The molecule has 1 heterocycles. The Morgan fingerprint density at radius 1 is 0.939 bits per heavy atom. The first-order chi connectivity index (χ1) is 16.1. The zero-order chi connectivity index (χ0) is 23.0. The largest absolute Gasteiger partial charge is 0.343 e. The van der Waals surface area contributed by atoms with Crippen LogP contribution in [0.25, 0.3) is 16.9 Å². The summed E-state index contributed by atoms with van der Waals surface area (Å²) in [6.07, 6.45) is 3.37. The van der Waals surface area contributed by atoms with Gasteiger partial charge in [-0.15, -0.1) is 0 Å². The van der Waals surface area contributed by atoms with Gasteiger partial charge in [0.2, 0.25) is 0 Å².